The van der Waals surface area contributed by atoms with Crippen molar-refractivity contribution in [1.29, 1.82) is 0 Å². The zero-order chi connectivity index (χ0) is 11.1. The van der Waals surface area contributed by atoms with Crippen molar-refractivity contribution in [2.75, 3.05) is 26.3 Å². The number of hydrogen-bond donors (Lipinski definition) is 0. The van der Waals surface area contributed by atoms with E-state index in [9.17, 15) is 0 Å². The standard InChI is InChI=1S/C10H16N2O.C2H6/c1-9-3-2-4-10(11-9)12-5-7-13-8-6-12;1-2/h4H,2-3,5-8H2,1H3;1-2H3. The van der Waals surface area contributed by atoms with Crippen LogP contribution in [-0.2, 0) is 4.74 Å². The third-order valence-electron chi connectivity index (χ3n) is 2.47. The lowest BCUT2D eigenvalue weighted by molar-refractivity contribution is 0.0529. The number of allylic oxidation sites excluding steroid dienone is 1. The van der Waals surface area contributed by atoms with Gasteiger partial charge in [-0.1, -0.05) is 13.8 Å². The fourth-order valence-corrected chi connectivity index (χ4v) is 1.70. The Balaban J connectivity index is 0.000000531. The number of nitrogens with zero attached hydrogens (tertiary/aromatic N) is 2. The van der Waals surface area contributed by atoms with Crippen LogP contribution in [-0.4, -0.2) is 36.9 Å². The molecule has 2 aliphatic rings. The molecule has 0 N–H and O–H groups in total. The lowest BCUT2D eigenvalue weighted by Gasteiger charge is -2.30. The molecule has 0 aliphatic carbocycles. The summed E-state index contributed by atoms with van der Waals surface area (Å²) >= 11 is 0. The van der Waals surface area contributed by atoms with Crippen LogP contribution in [0.25, 0.3) is 0 Å². The third kappa shape index (κ3) is 3.67. The Morgan fingerprint density at radius 2 is 1.93 bits per heavy atom. The van der Waals surface area contributed by atoms with Gasteiger partial charge in [0.2, 0.25) is 0 Å². The average Bonchev–Trinajstić information content (AvgIpc) is 2.33. The van der Waals surface area contributed by atoms with Crippen LogP contribution >= 0.6 is 0 Å². The highest BCUT2D eigenvalue weighted by atomic mass is 16.5. The van der Waals surface area contributed by atoms with E-state index in [0.29, 0.717) is 0 Å². The molecule has 1 saturated heterocycles. The van der Waals surface area contributed by atoms with Crippen LogP contribution in [0, 0.1) is 0 Å². The SMILES string of the molecule is CC.CC1=NC(N2CCOCC2)=CCC1. The van der Waals surface area contributed by atoms with Gasteiger partial charge in [0.25, 0.3) is 0 Å². The third-order valence-corrected chi connectivity index (χ3v) is 2.47. The zero-order valence-electron chi connectivity index (χ0n) is 10.1. The monoisotopic (exact) mass is 210 g/mol. The smallest absolute Gasteiger partial charge is 0.124 e. The predicted octanol–water partition coefficient (Wildman–Crippen LogP) is 2.44. The Labute approximate surface area is 92.8 Å². The maximum atomic E-state index is 5.30. The Morgan fingerprint density at radius 1 is 1.27 bits per heavy atom. The van der Waals surface area contributed by atoms with Gasteiger partial charge in [-0.15, -0.1) is 0 Å². The van der Waals surface area contributed by atoms with Gasteiger partial charge in [0.1, 0.15) is 5.82 Å². The maximum Gasteiger partial charge on any atom is 0.124 e. The van der Waals surface area contributed by atoms with Crippen molar-refractivity contribution in [3.05, 3.63) is 11.9 Å². The van der Waals surface area contributed by atoms with Crippen LogP contribution < -0.4 is 0 Å². The molecule has 0 bridgehead atoms. The average molecular weight is 210 g/mol. The summed E-state index contributed by atoms with van der Waals surface area (Å²) in [7, 11) is 0. The number of hydrogen-bond acceptors (Lipinski definition) is 3. The molecule has 2 aliphatic heterocycles. The fraction of sp³-hybridized carbons (Fsp3) is 0.750. The number of rotatable bonds is 1. The van der Waals surface area contributed by atoms with E-state index in [-0.39, 0.29) is 0 Å². The van der Waals surface area contributed by atoms with E-state index in [2.05, 4.69) is 22.9 Å². The van der Waals surface area contributed by atoms with Crippen molar-refractivity contribution < 1.29 is 4.74 Å². The van der Waals surface area contributed by atoms with Crippen molar-refractivity contribution >= 4 is 5.71 Å². The molecule has 86 valence electrons. The summed E-state index contributed by atoms with van der Waals surface area (Å²) in [6.45, 7) is 9.76. The summed E-state index contributed by atoms with van der Waals surface area (Å²) in [6.07, 6.45) is 4.49. The van der Waals surface area contributed by atoms with E-state index in [0.717, 1.165) is 45.0 Å². The van der Waals surface area contributed by atoms with Gasteiger partial charge >= 0.3 is 0 Å². The van der Waals surface area contributed by atoms with E-state index in [1.54, 1.807) is 0 Å². The van der Waals surface area contributed by atoms with Crippen LogP contribution in [0.5, 0.6) is 0 Å². The first-order valence-corrected chi connectivity index (χ1v) is 5.93. The molecule has 0 radical (unpaired) electrons. The molecule has 0 amide bonds. The van der Waals surface area contributed by atoms with Gasteiger partial charge in [-0.25, -0.2) is 4.99 Å². The molecule has 15 heavy (non-hydrogen) atoms. The Kier molecular flexibility index (Phi) is 5.40. The van der Waals surface area contributed by atoms with Crippen molar-refractivity contribution in [1.82, 2.24) is 4.90 Å². The summed E-state index contributed by atoms with van der Waals surface area (Å²) in [5, 5.41) is 0. The van der Waals surface area contributed by atoms with Gasteiger partial charge in [-0.3, -0.25) is 0 Å². The Morgan fingerprint density at radius 3 is 2.53 bits per heavy atom. The van der Waals surface area contributed by atoms with E-state index >= 15 is 0 Å². The summed E-state index contributed by atoms with van der Waals surface area (Å²) < 4.78 is 5.30. The highest BCUT2D eigenvalue weighted by molar-refractivity contribution is 5.83. The largest absolute Gasteiger partial charge is 0.378 e. The van der Waals surface area contributed by atoms with Gasteiger partial charge in [0, 0.05) is 18.8 Å². The zero-order valence-corrected chi connectivity index (χ0v) is 10.1. The summed E-state index contributed by atoms with van der Waals surface area (Å²) in [4.78, 5) is 6.87. The molecular formula is C12H22N2O. The van der Waals surface area contributed by atoms with E-state index in [4.69, 9.17) is 4.74 Å². The van der Waals surface area contributed by atoms with E-state index < -0.39 is 0 Å². The van der Waals surface area contributed by atoms with Gasteiger partial charge in [0.05, 0.1) is 13.2 Å². The second-order valence-corrected chi connectivity index (χ2v) is 3.55. The highest BCUT2D eigenvalue weighted by Crippen LogP contribution is 2.16. The first-order chi connectivity index (χ1) is 7.36. The number of aliphatic imine (C=N–C) groups is 1. The molecule has 0 aromatic heterocycles. The second kappa shape index (κ2) is 6.62. The molecule has 0 saturated carbocycles. The van der Waals surface area contributed by atoms with Crippen molar-refractivity contribution in [2.24, 2.45) is 4.99 Å². The predicted molar refractivity (Wildman–Crippen MR) is 64.2 cm³/mol. The maximum absolute atomic E-state index is 5.30. The molecule has 0 aromatic carbocycles. The van der Waals surface area contributed by atoms with Gasteiger partial charge < -0.3 is 9.64 Å². The summed E-state index contributed by atoms with van der Waals surface area (Å²) in [6, 6.07) is 0. The van der Waals surface area contributed by atoms with Crippen molar-refractivity contribution in [3.8, 4) is 0 Å². The summed E-state index contributed by atoms with van der Waals surface area (Å²) in [5.41, 5.74) is 1.25. The first-order valence-electron chi connectivity index (χ1n) is 5.93. The Bertz CT molecular complexity index is 240. The highest BCUT2D eigenvalue weighted by Gasteiger charge is 2.14. The minimum absolute atomic E-state index is 0.839. The van der Waals surface area contributed by atoms with Crippen LogP contribution in [0.15, 0.2) is 16.9 Å². The van der Waals surface area contributed by atoms with Crippen molar-refractivity contribution in [2.45, 2.75) is 33.6 Å². The minimum Gasteiger partial charge on any atom is -0.378 e. The van der Waals surface area contributed by atoms with Gasteiger partial charge in [-0.2, -0.15) is 0 Å². The number of ether oxygens (including phenoxy) is 1. The molecule has 3 heteroatoms. The van der Waals surface area contributed by atoms with Crippen LogP contribution in [0.1, 0.15) is 33.6 Å². The molecule has 3 nitrogen and oxygen atoms in total. The lowest BCUT2D eigenvalue weighted by Crippen LogP contribution is -2.35. The van der Waals surface area contributed by atoms with Gasteiger partial charge in [-0.05, 0) is 25.8 Å². The molecular weight excluding hydrogens is 188 g/mol. The molecule has 0 spiro atoms. The molecule has 1 fully saturated rings. The quantitative estimate of drug-likeness (QED) is 0.664. The topological polar surface area (TPSA) is 24.8 Å². The minimum atomic E-state index is 0.839. The number of morpholine rings is 1. The van der Waals surface area contributed by atoms with Crippen LogP contribution in [0.3, 0.4) is 0 Å². The Hall–Kier alpha value is -0.830. The molecule has 0 aromatic rings. The van der Waals surface area contributed by atoms with Crippen molar-refractivity contribution in [3.63, 3.8) is 0 Å². The molecule has 0 atom stereocenters. The van der Waals surface area contributed by atoms with Gasteiger partial charge in [0.15, 0.2) is 0 Å². The second-order valence-electron chi connectivity index (χ2n) is 3.55. The fourth-order valence-electron chi connectivity index (χ4n) is 1.70. The molecule has 0 unspecified atom stereocenters. The first kappa shape index (κ1) is 12.2. The lowest BCUT2D eigenvalue weighted by atomic mass is 10.2. The van der Waals surface area contributed by atoms with E-state index in [1.807, 2.05) is 13.8 Å². The molecule has 2 heterocycles. The van der Waals surface area contributed by atoms with E-state index in [1.165, 1.54) is 5.71 Å². The summed E-state index contributed by atoms with van der Waals surface area (Å²) in [5.74, 6) is 1.16. The molecule has 2 rings (SSSR count). The van der Waals surface area contributed by atoms with Crippen LogP contribution in [0.2, 0.25) is 0 Å². The van der Waals surface area contributed by atoms with Crippen LogP contribution in [0.4, 0.5) is 0 Å². The normalized spacial score (nSPS) is 21.1.